The van der Waals surface area contributed by atoms with Gasteiger partial charge in [0.25, 0.3) is 0 Å². The Morgan fingerprint density at radius 2 is 1.16 bits per heavy atom. The normalized spacial score (nSPS) is 15.4. The molecule has 22 nitrogen and oxygen atoms in total. The van der Waals surface area contributed by atoms with Crippen molar-refractivity contribution in [3.05, 3.63) is 0 Å². The SMILES string of the molecule is CC[C@@H](CSCC(=O)NCCCC(=O)COCCOCCNC(=O)COCCCCCNC(=O)CC[C@H](NC(=O)C1CCC(CNC(=O)CCCCCCCCCCC(=O)O)CC1)C(=O)O)C(=O)C[C@@H](CO)C(=O)O. The van der Waals surface area contributed by atoms with Gasteiger partial charge in [0, 0.05) is 82.5 Å². The molecule has 0 aliphatic heterocycles. The number of ketones is 2. The predicted octanol–water partition coefficient (Wildman–Crippen LogP) is 3.57. The molecule has 3 atom stereocenters. The second kappa shape index (κ2) is 44.4. The topological polar surface area (TPSA) is 339 Å². The number of unbranched alkanes of at least 4 members (excludes halogenated alkanes) is 9. The van der Waals surface area contributed by atoms with Crippen LogP contribution in [0, 0.1) is 23.7 Å². The standard InChI is InChI=1S/C52H89N5O17S/c1-2-39(44(60)31-41(33-58)51(68)69)36-75-37-48(64)54-25-14-15-42(59)34-74-30-29-72-28-26-55-47(63)35-73-27-13-9-12-24-53-46(62)23-22-43(52(70)71)57-50(67)40-20-18-38(19-21-40)32-56-45(61)16-10-7-5-3-4-6-8-11-17-49(65)66/h38-41,43,58H,2-37H2,1H3,(H,53,62)(H,54,64)(H,55,63)(H,56,61)(H,57,67)(H,65,66)(H,68,69)(H,70,71)/t38?,39-,40?,41-,43-/m0/s1. The van der Waals surface area contributed by atoms with Gasteiger partial charge >= 0.3 is 17.9 Å². The molecule has 23 heteroatoms. The van der Waals surface area contributed by atoms with Crippen LogP contribution in [0.2, 0.25) is 0 Å². The van der Waals surface area contributed by atoms with Gasteiger partial charge in [0.05, 0.1) is 38.1 Å². The van der Waals surface area contributed by atoms with Crippen molar-refractivity contribution in [2.45, 2.75) is 161 Å². The van der Waals surface area contributed by atoms with Crippen molar-refractivity contribution in [3.8, 4) is 0 Å². The van der Waals surface area contributed by atoms with Crippen molar-refractivity contribution >= 4 is 70.8 Å². The molecule has 1 saturated carbocycles. The van der Waals surface area contributed by atoms with Crippen LogP contribution in [-0.4, -0.2) is 169 Å². The summed E-state index contributed by atoms with van der Waals surface area (Å²) in [5.74, 6) is -5.84. The summed E-state index contributed by atoms with van der Waals surface area (Å²) in [6.45, 7) is 3.47. The molecule has 0 spiro atoms. The van der Waals surface area contributed by atoms with E-state index in [0.29, 0.717) is 76.9 Å². The number of nitrogens with one attached hydrogen (secondary N) is 5. The van der Waals surface area contributed by atoms with Crippen LogP contribution in [0.3, 0.4) is 0 Å². The first kappa shape index (κ1) is 68.3. The highest BCUT2D eigenvalue weighted by molar-refractivity contribution is 7.99. The number of carboxylic acids is 3. The van der Waals surface area contributed by atoms with Crippen molar-refractivity contribution in [2.75, 3.05) is 83.9 Å². The minimum Gasteiger partial charge on any atom is -0.481 e. The summed E-state index contributed by atoms with van der Waals surface area (Å²) in [5.41, 5.74) is 0. The Balaban J connectivity index is 2.00. The third kappa shape index (κ3) is 37.6. The number of hydrogen-bond donors (Lipinski definition) is 9. The van der Waals surface area contributed by atoms with Crippen molar-refractivity contribution < 1.29 is 82.6 Å². The largest absolute Gasteiger partial charge is 0.481 e. The summed E-state index contributed by atoms with van der Waals surface area (Å²) in [7, 11) is 0. The maximum Gasteiger partial charge on any atom is 0.326 e. The van der Waals surface area contributed by atoms with E-state index in [1.54, 1.807) is 6.92 Å². The number of carbonyl (C=O) groups excluding carboxylic acids is 7. The summed E-state index contributed by atoms with van der Waals surface area (Å²) in [5, 5.41) is 50.4. The third-order valence-electron chi connectivity index (χ3n) is 12.8. The second-order valence-electron chi connectivity index (χ2n) is 19.2. The van der Waals surface area contributed by atoms with Gasteiger partial charge in [-0.2, -0.15) is 11.8 Å². The van der Waals surface area contributed by atoms with E-state index in [9.17, 15) is 53.1 Å². The lowest BCUT2D eigenvalue weighted by atomic mass is 9.81. The molecule has 75 heavy (non-hydrogen) atoms. The molecule has 1 aliphatic rings. The van der Waals surface area contributed by atoms with E-state index in [-0.39, 0.29) is 130 Å². The van der Waals surface area contributed by atoms with E-state index in [1.807, 2.05) is 0 Å². The summed E-state index contributed by atoms with van der Waals surface area (Å²) in [4.78, 5) is 120. The quantitative estimate of drug-likeness (QED) is 0.0393. The molecule has 1 rings (SSSR count). The fourth-order valence-electron chi connectivity index (χ4n) is 8.14. The van der Waals surface area contributed by atoms with Gasteiger partial charge in [-0.1, -0.05) is 45.4 Å². The Labute approximate surface area is 446 Å². The van der Waals surface area contributed by atoms with E-state index in [2.05, 4.69) is 26.6 Å². The van der Waals surface area contributed by atoms with Crippen LogP contribution in [-0.2, 0) is 62.2 Å². The van der Waals surface area contributed by atoms with Gasteiger partial charge in [0.1, 0.15) is 25.0 Å². The molecule has 9 N–H and O–H groups in total. The highest BCUT2D eigenvalue weighted by Gasteiger charge is 2.30. The zero-order valence-electron chi connectivity index (χ0n) is 44.3. The van der Waals surface area contributed by atoms with Crippen LogP contribution < -0.4 is 26.6 Å². The molecule has 0 bridgehead atoms. The van der Waals surface area contributed by atoms with Gasteiger partial charge in [-0.3, -0.25) is 43.2 Å². The Bertz CT molecular complexity index is 1700. The number of carboxylic acid groups (broad SMARTS) is 3. The third-order valence-corrected chi connectivity index (χ3v) is 13.9. The van der Waals surface area contributed by atoms with E-state index < -0.39 is 42.4 Å². The molecular formula is C52H89N5O17S. The maximum atomic E-state index is 12.9. The van der Waals surface area contributed by atoms with Crippen LogP contribution >= 0.6 is 11.8 Å². The number of aliphatic carboxylic acids is 3. The molecule has 0 aromatic rings. The maximum absolute atomic E-state index is 12.9. The highest BCUT2D eigenvalue weighted by atomic mass is 32.2. The average molecular weight is 1090 g/mol. The molecule has 0 aromatic heterocycles. The minimum absolute atomic E-state index is 0.0254. The van der Waals surface area contributed by atoms with E-state index in [1.165, 1.54) is 11.8 Å². The minimum atomic E-state index is -1.22. The zero-order chi connectivity index (χ0) is 55.5. The summed E-state index contributed by atoms with van der Waals surface area (Å²) in [6.07, 6.45) is 14.0. The number of carbonyl (C=O) groups is 10. The van der Waals surface area contributed by atoms with Crippen LogP contribution in [0.15, 0.2) is 0 Å². The zero-order valence-corrected chi connectivity index (χ0v) is 45.2. The number of hydrogen-bond acceptors (Lipinski definition) is 15. The van der Waals surface area contributed by atoms with Crippen LogP contribution in [0.4, 0.5) is 0 Å². The van der Waals surface area contributed by atoms with Gasteiger partial charge in [-0.25, -0.2) is 4.79 Å². The van der Waals surface area contributed by atoms with E-state index in [4.69, 9.17) is 29.5 Å². The summed E-state index contributed by atoms with van der Waals surface area (Å²) in [6, 6.07) is -1.18. The number of ether oxygens (including phenoxy) is 3. The van der Waals surface area contributed by atoms with Crippen molar-refractivity contribution in [3.63, 3.8) is 0 Å². The van der Waals surface area contributed by atoms with Crippen LogP contribution in [0.5, 0.6) is 0 Å². The number of aliphatic hydroxyl groups is 1. The smallest absolute Gasteiger partial charge is 0.326 e. The predicted molar refractivity (Wildman–Crippen MR) is 280 cm³/mol. The van der Waals surface area contributed by atoms with Gasteiger partial charge < -0.3 is 61.2 Å². The first-order valence-electron chi connectivity index (χ1n) is 27.1. The first-order chi connectivity index (χ1) is 36.1. The monoisotopic (exact) mass is 1090 g/mol. The van der Waals surface area contributed by atoms with Crippen LogP contribution in [0.25, 0.3) is 0 Å². The highest BCUT2D eigenvalue weighted by Crippen LogP contribution is 2.29. The number of Topliss-reactive ketones (excluding diaryl/α,β-unsaturated/α-hetero) is 2. The average Bonchev–Trinajstić information content (AvgIpc) is 3.38. The van der Waals surface area contributed by atoms with Crippen molar-refractivity contribution in [1.29, 1.82) is 0 Å². The van der Waals surface area contributed by atoms with Crippen molar-refractivity contribution in [2.24, 2.45) is 23.7 Å². The van der Waals surface area contributed by atoms with Gasteiger partial charge in [-0.05, 0) is 83.0 Å². The van der Waals surface area contributed by atoms with Gasteiger partial charge in [0.2, 0.25) is 29.5 Å². The first-order valence-corrected chi connectivity index (χ1v) is 28.2. The second-order valence-corrected chi connectivity index (χ2v) is 20.2. The molecule has 0 radical (unpaired) electrons. The molecule has 0 unspecified atom stereocenters. The van der Waals surface area contributed by atoms with Crippen LogP contribution in [0.1, 0.15) is 155 Å². The van der Waals surface area contributed by atoms with Gasteiger partial charge in [-0.15, -0.1) is 0 Å². The lowest BCUT2D eigenvalue weighted by Crippen LogP contribution is -2.45. The number of thioether (sulfide) groups is 1. The lowest BCUT2D eigenvalue weighted by molar-refractivity contribution is -0.145. The Morgan fingerprint density at radius 3 is 1.81 bits per heavy atom. The molecule has 1 fully saturated rings. The van der Waals surface area contributed by atoms with E-state index in [0.717, 1.165) is 70.6 Å². The number of amides is 5. The Hall–Kier alpha value is -4.71. The number of aliphatic hydroxyl groups excluding tert-OH is 1. The summed E-state index contributed by atoms with van der Waals surface area (Å²) < 4.78 is 16.2. The summed E-state index contributed by atoms with van der Waals surface area (Å²) >= 11 is 1.26. The van der Waals surface area contributed by atoms with Gasteiger partial charge in [0.15, 0.2) is 5.78 Å². The molecule has 0 aromatic carbocycles. The fourth-order valence-corrected chi connectivity index (χ4v) is 9.25. The molecule has 1 aliphatic carbocycles. The molecular weight excluding hydrogens is 999 g/mol. The molecule has 0 heterocycles. The van der Waals surface area contributed by atoms with Crippen molar-refractivity contribution in [1.82, 2.24) is 26.6 Å². The lowest BCUT2D eigenvalue weighted by Gasteiger charge is -2.28. The Kier molecular flexibility index (Phi) is 40.5. The molecule has 0 saturated heterocycles. The Morgan fingerprint density at radius 1 is 0.560 bits per heavy atom. The fraction of sp³-hybridized carbons (Fsp3) is 0.808. The molecule has 5 amide bonds. The number of rotatable bonds is 49. The molecule has 430 valence electrons. The van der Waals surface area contributed by atoms with E-state index >= 15 is 0 Å².